The second-order valence-corrected chi connectivity index (χ2v) is 4.38. The van der Waals surface area contributed by atoms with E-state index in [-0.39, 0.29) is 23.6 Å². The van der Waals surface area contributed by atoms with Crippen LogP contribution in [0.3, 0.4) is 0 Å². The van der Waals surface area contributed by atoms with E-state index in [9.17, 15) is 4.79 Å². The predicted molar refractivity (Wildman–Crippen MR) is 44.7 cm³/mol. The molecule has 0 aromatic rings. The average Bonchev–Trinajstić information content (AvgIpc) is 2.62. The molecule has 1 heterocycles. The molecular weight excluding hydrogens is 156 g/mol. The van der Waals surface area contributed by atoms with Gasteiger partial charge in [0.15, 0.2) is 6.10 Å². The maximum absolute atomic E-state index is 10.9. The van der Waals surface area contributed by atoms with Crippen LogP contribution in [-0.4, -0.2) is 25.3 Å². The molecule has 0 saturated carbocycles. The standard InChI is InChI=1S/C9H16O3/c1-9(2,3)5-6-7(12-6)8(10)11-4/h6-7H,5H2,1-4H3. The Kier molecular flexibility index (Phi) is 2.42. The summed E-state index contributed by atoms with van der Waals surface area (Å²) in [5.41, 5.74) is 0.216. The molecule has 1 saturated heterocycles. The Labute approximate surface area is 73.0 Å². The van der Waals surface area contributed by atoms with Crippen LogP contribution in [0.4, 0.5) is 0 Å². The lowest BCUT2D eigenvalue weighted by atomic mass is 9.90. The van der Waals surface area contributed by atoms with Gasteiger partial charge in [-0.15, -0.1) is 0 Å². The first-order valence-corrected chi connectivity index (χ1v) is 4.17. The van der Waals surface area contributed by atoms with Crippen LogP contribution in [0, 0.1) is 5.41 Å². The molecule has 1 aliphatic heterocycles. The average molecular weight is 172 g/mol. The molecule has 1 rings (SSSR count). The van der Waals surface area contributed by atoms with Gasteiger partial charge in [0.25, 0.3) is 0 Å². The summed E-state index contributed by atoms with van der Waals surface area (Å²) in [4.78, 5) is 10.9. The highest BCUT2D eigenvalue weighted by Crippen LogP contribution is 2.34. The summed E-state index contributed by atoms with van der Waals surface area (Å²) >= 11 is 0. The Morgan fingerprint density at radius 1 is 1.50 bits per heavy atom. The van der Waals surface area contributed by atoms with Gasteiger partial charge in [0.1, 0.15) is 0 Å². The topological polar surface area (TPSA) is 38.8 Å². The first-order valence-electron chi connectivity index (χ1n) is 4.17. The number of epoxide rings is 1. The minimum Gasteiger partial charge on any atom is -0.467 e. The van der Waals surface area contributed by atoms with E-state index in [1.54, 1.807) is 0 Å². The number of methoxy groups -OCH3 is 1. The third kappa shape index (κ3) is 2.48. The third-order valence-corrected chi connectivity index (χ3v) is 1.83. The van der Waals surface area contributed by atoms with Gasteiger partial charge in [-0.3, -0.25) is 0 Å². The lowest BCUT2D eigenvalue weighted by Crippen LogP contribution is -2.15. The predicted octanol–water partition coefficient (Wildman–Crippen LogP) is 1.36. The van der Waals surface area contributed by atoms with Crippen molar-refractivity contribution in [2.24, 2.45) is 5.41 Å². The van der Waals surface area contributed by atoms with E-state index in [0.29, 0.717) is 0 Å². The zero-order chi connectivity index (χ0) is 9.35. The minimum absolute atomic E-state index is 0.0810. The number of carbonyl (C=O) groups is 1. The van der Waals surface area contributed by atoms with Gasteiger partial charge in [0.2, 0.25) is 0 Å². The van der Waals surface area contributed by atoms with E-state index < -0.39 is 0 Å². The molecule has 2 unspecified atom stereocenters. The first kappa shape index (κ1) is 9.52. The van der Waals surface area contributed by atoms with Crippen LogP contribution in [0.1, 0.15) is 27.2 Å². The number of carbonyl (C=O) groups excluding carboxylic acids is 1. The van der Waals surface area contributed by atoms with Crippen molar-refractivity contribution in [3.05, 3.63) is 0 Å². The quantitative estimate of drug-likeness (QED) is 0.466. The number of hydrogen-bond donors (Lipinski definition) is 0. The SMILES string of the molecule is COC(=O)C1OC1CC(C)(C)C. The van der Waals surface area contributed by atoms with E-state index in [1.165, 1.54) is 7.11 Å². The number of esters is 1. The zero-order valence-electron chi connectivity index (χ0n) is 8.09. The van der Waals surface area contributed by atoms with E-state index in [4.69, 9.17) is 4.74 Å². The van der Waals surface area contributed by atoms with Crippen LogP contribution in [0.2, 0.25) is 0 Å². The van der Waals surface area contributed by atoms with Gasteiger partial charge in [0.05, 0.1) is 13.2 Å². The summed E-state index contributed by atoms with van der Waals surface area (Å²) in [6, 6.07) is 0. The van der Waals surface area contributed by atoms with E-state index >= 15 is 0 Å². The maximum Gasteiger partial charge on any atom is 0.337 e. The van der Waals surface area contributed by atoms with Gasteiger partial charge in [-0.05, 0) is 11.8 Å². The molecule has 0 aliphatic carbocycles. The summed E-state index contributed by atoms with van der Waals surface area (Å²) in [6.45, 7) is 6.38. The van der Waals surface area contributed by atoms with Crippen molar-refractivity contribution < 1.29 is 14.3 Å². The van der Waals surface area contributed by atoms with Gasteiger partial charge >= 0.3 is 5.97 Å². The maximum atomic E-state index is 10.9. The lowest BCUT2D eigenvalue weighted by molar-refractivity contribution is -0.142. The summed E-state index contributed by atoms with van der Waals surface area (Å²) in [7, 11) is 1.39. The molecule has 3 nitrogen and oxygen atoms in total. The highest BCUT2D eigenvalue weighted by atomic mass is 16.6. The summed E-state index contributed by atoms with van der Waals surface area (Å²) in [5.74, 6) is -0.246. The molecule has 70 valence electrons. The second-order valence-electron chi connectivity index (χ2n) is 4.38. The molecule has 0 N–H and O–H groups in total. The van der Waals surface area contributed by atoms with Crippen molar-refractivity contribution in [3.63, 3.8) is 0 Å². The Hall–Kier alpha value is -0.570. The fraction of sp³-hybridized carbons (Fsp3) is 0.889. The van der Waals surface area contributed by atoms with Gasteiger partial charge < -0.3 is 9.47 Å². The molecule has 0 amide bonds. The van der Waals surface area contributed by atoms with Crippen LogP contribution < -0.4 is 0 Å². The number of rotatable bonds is 2. The lowest BCUT2D eigenvalue weighted by Gasteiger charge is -2.15. The van der Waals surface area contributed by atoms with E-state index in [0.717, 1.165) is 6.42 Å². The third-order valence-electron chi connectivity index (χ3n) is 1.83. The second kappa shape index (κ2) is 3.05. The van der Waals surface area contributed by atoms with E-state index in [2.05, 4.69) is 25.5 Å². The molecule has 0 bridgehead atoms. The highest BCUT2D eigenvalue weighted by Gasteiger charge is 2.47. The first-order chi connectivity index (χ1) is 5.44. The van der Waals surface area contributed by atoms with Crippen molar-refractivity contribution in [3.8, 4) is 0 Å². The van der Waals surface area contributed by atoms with Crippen LogP contribution in [0.5, 0.6) is 0 Å². The van der Waals surface area contributed by atoms with Gasteiger partial charge in [-0.2, -0.15) is 0 Å². The molecular formula is C9H16O3. The van der Waals surface area contributed by atoms with Crippen molar-refractivity contribution in [1.29, 1.82) is 0 Å². The molecule has 1 aliphatic rings. The van der Waals surface area contributed by atoms with Gasteiger partial charge in [-0.1, -0.05) is 20.8 Å². The number of ether oxygens (including phenoxy) is 2. The largest absolute Gasteiger partial charge is 0.467 e. The molecule has 0 radical (unpaired) electrons. The van der Waals surface area contributed by atoms with E-state index in [1.807, 2.05) is 0 Å². The molecule has 0 aromatic heterocycles. The molecule has 2 atom stereocenters. The Morgan fingerprint density at radius 2 is 2.08 bits per heavy atom. The normalized spacial score (nSPS) is 28.3. The molecule has 1 fully saturated rings. The van der Waals surface area contributed by atoms with Crippen molar-refractivity contribution in [2.75, 3.05) is 7.11 Å². The minimum atomic E-state index is -0.297. The fourth-order valence-corrected chi connectivity index (χ4v) is 1.23. The van der Waals surface area contributed by atoms with Crippen molar-refractivity contribution in [1.82, 2.24) is 0 Å². The van der Waals surface area contributed by atoms with Crippen LogP contribution in [-0.2, 0) is 14.3 Å². The van der Waals surface area contributed by atoms with Crippen molar-refractivity contribution in [2.45, 2.75) is 39.4 Å². The molecule has 0 spiro atoms. The Balaban J connectivity index is 2.29. The molecule has 0 aromatic carbocycles. The van der Waals surface area contributed by atoms with Crippen LogP contribution in [0.25, 0.3) is 0 Å². The van der Waals surface area contributed by atoms with Crippen LogP contribution in [0.15, 0.2) is 0 Å². The van der Waals surface area contributed by atoms with Crippen molar-refractivity contribution >= 4 is 5.97 Å². The van der Waals surface area contributed by atoms with Gasteiger partial charge in [0, 0.05) is 0 Å². The smallest absolute Gasteiger partial charge is 0.337 e. The monoisotopic (exact) mass is 172 g/mol. The highest BCUT2D eigenvalue weighted by molar-refractivity contribution is 5.77. The molecule has 12 heavy (non-hydrogen) atoms. The number of hydrogen-bond acceptors (Lipinski definition) is 3. The summed E-state index contributed by atoms with van der Waals surface area (Å²) in [6.07, 6.45) is 0.693. The zero-order valence-corrected chi connectivity index (χ0v) is 8.09. The summed E-state index contributed by atoms with van der Waals surface area (Å²) in [5, 5.41) is 0. The fourth-order valence-electron chi connectivity index (χ4n) is 1.23. The Morgan fingerprint density at radius 3 is 2.50 bits per heavy atom. The summed E-state index contributed by atoms with van der Waals surface area (Å²) < 4.78 is 9.73. The Bertz CT molecular complexity index is 181. The van der Waals surface area contributed by atoms with Gasteiger partial charge in [-0.25, -0.2) is 4.79 Å². The molecule has 3 heteroatoms. The van der Waals surface area contributed by atoms with Crippen LogP contribution >= 0.6 is 0 Å².